The molecule has 0 bridgehead atoms. The van der Waals surface area contributed by atoms with E-state index in [0.29, 0.717) is 10.6 Å². The van der Waals surface area contributed by atoms with Crippen molar-refractivity contribution in [1.29, 1.82) is 0 Å². The zero-order valence-electron chi connectivity index (χ0n) is 10.9. The van der Waals surface area contributed by atoms with Crippen LogP contribution in [0.25, 0.3) is 0 Å². The Labute approximate surface area is 117 Å². The molecule has 0 aromatic carbocycles. The van der Waals surface area contributed by atoms with Gasteiger partial charge in [-0.1, -0.05) is 6.92 Å². The van der Waals surface area contributed by atoms with E-state index < -0.39 is 15.1 Å². The number of carbonyl (C=O) groups excluding carboxylic acids is 1. The topological polar surface area (TPSA) is 67.3 Å². The number of sulfone groups is 1. The molecular weight excluding hydrogens is 284 g/mol. The first-order chi connectivity index (χ1) is 8.99. The minimum atomic E-state index is -3.04. The van der Waals surface area contributed by atoms with Crippen molar-refractivity contribution in [1.82, 2.24) is 9.88 Å². The first kappa shape index (κ1) is 14.3. The zero-order chi connectivity index (χ0) is 14.0. The van der Waals surface area contributed by atoms with Gasteiger partial charge in [-0.3, -0.25) is 4.79 Å². The smallest absolute Gasteiger partial charge is 0.256 e. The van der Waals surface area contributed by atoms with Crippen LogP contribution in [0.4, 0.5) is 0 Å². The maximum absolute atomic E-state index is 12.2. The summed E-state index contributed by atoms with van der Waals surface area (Å²) in [6.07, 6.45) is 3.50. The molecule has 0 aliphatic carbocycles. The van der Waals surface area contributed by atoms with Crippen LogP contribution >= 0.6 is 11.8 Å². The summed E-state index contributed by atoms with van der Waals surface area (Å²) >= 11 is 1.41. The van der Waals surface area contributed by atoms with Crippen LogP contribution in [0, 0.1) is 0 Å². The fraction of sp³-hybridized carbons (Fsp3) is 0.500. The van der Waals surface area contributed by atoms with Crippen LogP contribution in [0.15, 0.2) is 23.4 Å². The Kier molecular flexibility index (Phi) is 4.15. The van der Waals surface area contributed by atoms with Gasteiger partial charge in [0.25, 0.3) is 5.91 Å². The second kappa shape index (κ2) is 5.50. The van der Waals surface area contributed by atoms with Crippen LogP contribution in [-0.4, -0.2) is 54.6 Å². The van der Waals surface area contributed by atoms with Gasteiger partial charge < -0.3 is 4.90 Å². The highest BCUT2D eigenvalue weighted by Gasteiger charge is 2.39. The maximum atomic E-state index is 12.2. The van der Waals surface area contributed by atoms with Gasteiger partial charge in [0.2, 0.25) is 0 Å². The summed E-state index contributed by atoms with van der Waals surface area (Å²) < 4.78 is 23.3. The summed E-state index contributed by atoms with van der Waals surface area (Å²) in [7, 11) is -3.04. The molecule has 7 heteroatoms. The summed E-state index contributed by atoms with van der Waals surface area (Å²) in [4.78, 5) is 17.9. The molecular formula is C12H16N2O3S2. The molecule has 0 N–H and O–H groups in total. The number of amides is 1. The second-order valence-corrected chi connectivity index (χ2v) is 7.71. The van der Waals surface area contributed by atoms with E-state index in [-0.39, 0.29) is 24.7 Å². The summed E-state index contributed by atoms with van der Waals surface area (Å²) in [6.45, 7) is 2.21. The maximum Gasteiger partial charge on any atom is 0.256 e. The van der Waals surface area contributed by atoms with Gasteiger partial charge in [-0.25, -0.2) is 13.4 Å². The molecule has 104 valence electrons. The van der Waals surface area contributed by atoms with Crippen LogP contribution in [-0.2, 0) is 9.84 Å². The Morgan fingerprint density at radius 1 is 1.53 bits per heavy atom. The number of hydrogen-bond acceptors (Lipinski definition) is 5. The molecule has 1 fully saturated rings. The van der Waals surface area contributed by atoms with Crippen molar-refractivity contribution in [2.45, 2.75) is 17.2 Å². The lowest BCUT2D eigenvalue weighted by Crippen LogP contribution is -2.57. The normalized spacial score (nSPS) is 16.2. The van der Waals surface area contributed by atoms with Crippen molar-refractivity contribution in [2.24, 2.45) is 0 Å². The molecule has 2 rings (SSSR count). The molecule has 1 saturated heterocycles. The molecule has 0 radical (unpaired) electrons. The van der Waals surface area contributed by atoms with E-state index >= 15 is 0 Å². The number of hydrogen-bond donors (Lipinski definition) is 0. The Balaban J connectivity index is 2.08. The zero-order valence-corrected chi connectivity index (χ0v) is 12.5. The van der Waals surface area contributed by atoms with Crippen molar-refractivity contribution < 1.29 is 13.2 Å². The number of pyridine rings is 1. The molecule has 5 nitrogen and oxygen atoms in total. The number of rotatable bonds is 4. The van der Waals surface area contributed by atoms with Crippen LogP contribution < -0.4 is 0 Å². The summed E-state index contributed by atoms with van der Waals surface area (Å²) in [5.41, 5.74) is 0.544. The third kappa shape index (κ3) is 2.76. The Morgan fingerprint density at radius 3 is 2.79 bits per heavy atom. The molecule has 0 spiro atoms. The lowest BCUT2D eigenvalue weighted by Gasteiger charge is -2.38. The van der Waals surface area contributed by atoms with E-state index in [1.54, 1.807) is 30.2 Å². The summed E-state index contributed by atoms with van der Waals surface area (Å²) in [5.74, 6) is -0.0113. The number of likely N-dealkylation sites (tertiary alicyclic amines) is 1. The van der Waals surface area contributed by atoms with E-state index in [1.165, 1.54) is 11.8 Å². The van der Waals surface area contributed by atoms with Gasteiger partial charge in [0.05, 0.1) is 10.8 Å². The van der Waals surface area contributed by atoms with E-state index in [9.17, 15) is 13.2 Å². The Hall–Kier alpha value is -1.08. The molecule has 2 heterocycles. The van der Waals surface area contributed by atoms with Crippen LogP contribution in [0.5, 0.6) is 0 Å². The average Bonchev–Trinajstić information content (AvgIpc) is 2.36. The standard InChI is InChI=1S/C12H16N2O3S2/c1-3-19(16,17)9-7-14(8-9)12(15)10-5-4-6-13-11(10)18-2/h4-6,9H,3,7-8H2,1-2H3. The number of aromatic nitrogens is 1. The molecule has 19 heavy (non-hydrogen) atoms. The third-order valence-corrected chi connectivity index (χ3v) is 6.07. The fourth-order valence-corrected chi connectivity index (χ4v) is 3.78. The van der Waals surface area contributed by atoms with E-state index in [4.69, 9.17) is 0 Å². The quantitative estimate of drug-likeness (QED) is 0.778. The van der Waals surface area contributed by atoms with E-state index in [0.717, 1.165) is 0 Å². The molecule has 1 aliphatic heterocycles. The highest BCUT2D eigenvalue weighted by molar-refractivity contribution is 7.98. The lowest BCUT2D eigenvalue weighted by molar-refractivity contribution is 0.0654. The minimum Gasteiger partial charge on any atom is -0.336 e. The monoisotopic (exact) mass is 300 g/mol. The highest BCUT2D eigenvalue weighted by atomic mass is 32.2. The van der Waals surface area contributed by atoms with Gasteiger partial charge in [0, 0.05) is 25.0 Å². The second-order valence-electron chi connectivity index (χ2n) is 4.34. The molecule has 1 amide bonds. The third-order valence-electron chi connectivity index (χ3n) is 3.24. The van der Waals surface area contributed by atoms with Gasteiger partial charge in [-0.15, -0.1) is 11.8 Å². The van der Waals surface area contributed by atoms with E-state index in [1.807, 2.05) is 6.26 Å². The molecule has 0 atom stereocenters. The molecule has 0 unspecified atom stereocenters. The molecule has 0 saturated carbocycles. The molecule has 1 aliphatic rings. The molecule has 1 aromatic rings. The van der Waals surface area contributed by atoms with Gasteiger partial charge in [-0.2, -0.15) is 0 Å². The minimum absolute atomic E-state index is 0.128. The fourth-order valence-electron chi connectivity index (χ4n) is 1.95. The van der Waals surface area contributed by atoms with Crippen molar-refractivity contribution in [2.75, 3.05) is 25.1 Å². The van der Waals surface area contributed by atoms with Crippen LogP contribution in [0.3, 0.4) is 0 Å². The number of nitrogens with zero attached hydrogens (tertiary/aromatic N) is 2. The predicted octanol–water partition coefficient (Wildman–Crippen LogP) is 1.06. The van der Waals surface area contributed by atoms with Crippen molar-refractivity contribution in [3.05, 3.63) is 23.9 Å². The first-order valence-corrected chi connectivity index (χ1v) is 8.93. The Bertz CT molecular complexity index is 580. The first-order valence-electron chi connectivity index (χ1n) is 5.99. The largest absolute Gasteiger partial charge is 0.336 e. The van der Waals surface area contributed by atoms with Crippen LogP contribution in [0.1, 0.15) is 17.3 Å². The van der Waals surface area contributed by atoms with Crippen LogP contribution in [0.2, 0.25) is 0 Å². The van der Waals surface area contributed by atoms with E-state index in [2.05, 4.69) is 4.98 Å². The van der Waals surface area contributed by atoms with Crippen molar-refractivity contribution in [3.63, 3.8) is 0 Å². The van der Waals surface area contributed by atoms with Crippen molar-refractivity contribution in [3.8, 4) is 0 Å². The lowest BCUT2D eigenvalue weighted by atomic mass is 10.1. The van der Waals surface area contributed by atoms with Gasteiger partial charge in [-0.05, 0) is 18.4 Å². The van der Waals surface area contributed by atoms with Gasteiger partial charge in [0.1, 0.15) is 5.03 Å². The molecule has 1 aromatic heterocycles. The SMILES string of the molecule is CCS(=O)(=O)C1CN(C(=O)c2cccnc2SC)C1. The highest BCUT2D eigenvalue weighted by Crippen LogP contribution is 2.23. The van der Waals surface area contributed by atoms with Crippen molar-refractivity contribution >= 4 is 27.5 Å². The predicted molar refractivity (Wildman–Crippen MR) is 75.2 cm³/mol. The van der Waals surface area contributed by atoms with Gasteiger partial charge in [0.15, 0.2) is 9.84 Å². The number of carbonyl (C=O) groups is 1. The van der Waals surface area contributed by atoms with Gasteiger partial charge >= 0.3 is 0 Å². The Morgan fingerprint density at radius 2 is 2.21 bits per heavy atom. The average molecular weight is 300 g/mol. The number of thioether (sulfide) groups is 1. The summed E-state index contributed by atoms with van der Waals surface area (Å²) in [6, 6.07) is 3.44. The summed E-state index contributed by atoms with van der Waals surface area (Å²) in [5, 5.41) is 0.269.